The van der Waals surface area contributed by atoms with Crippen LogP contribution in [-0.2, 0) is 16.0 Å². The molecule has 0 aliphatic carbocycles. The molecule has 0 bridgehead atoms. The monoisotopic (exact) mass is 482 g/mol. The van der Waals surface area contributed by atoms with Crippen molar-refractivity contribution in [2.24, 2.45) is 0 Å². The summed E-state index contributed by atoms with van der Waals surface area (Å²) in [6, 6.07) is 13.8. The normalized spacial score (nSPS) is 11.5. The topological polar surface area (TPSA) is 142 Å². The minimum atomic E-state index is -0.976. The first kappa shape index (κ1) is 25.5. The van der Waals surface area contributed by atoms with Crippen LogP contribution in [0.1, 0.15) is 12.5 Å². The molecule has 4 N–H and O–H groups in total. The molecule has 0 spiro atoms. The number of hydrogen-bond acceptors (Lipinski definition) is 10. The number of aromatic nitrogens is 3. The lowest BCUT2D eigenvalue weighted by molar-refractivity contribution is -0.149. The standard InChI is InChI=1S/C24H30N6O5/c1-4-34-20(21(32)33)15-16-5-11-19(12-6-16)35-14-13-25-22-27-23(29-24(28-22)30(2)3)26-17-7-9-18(31)10-8-17/h5-12,20,31H,4,13-15H2,1-3H3,(H,32,33)(H2,25,26,27,28,29). The van der Waals surface area contributed by atoms with Crippen LogP contribution in [0.5, 0.6) is 11.5 Å². The van der Waals surface area contributed by atoms with Crippen LogP contribution in [-0.4, -0.2) is 71.1 Å². The zero-order valence-electron chi connectivity index (χ0n) is 19.9. The van der Waals surface area contributed by atoms with Gasteiger partial charge in [0.15, 0.2) is 6.10 Å². The van der Waals surface area contributed by atoms with Crippen molar-refractivity contribution >= 4 is 29.5 Å². The average Bonchev–Trinajstić information content (AvgIpc) is 2.84. The Morgan fingerprint density at radius 3 is 2.34 bits per heavy atom. The molecule has 0 radical (unpaired) electrons. The van der Waals surface area contributed by atoms with E-state index >= 15 is 0 Å². The Labute approximate surface area is 203 Å². The van der Waals surface area contributed by atoms with Crippen molar-refractivity contribution in [3.05, 3.63) is 54.1 Å². The van der Waals surface area contributed by atoms with E-state index < -0.39 is 12.1 Å². The number of aliphatic carboxylic acids is 1. The lowest BCUT2D eigenvalue weighted by Crippen LogP contribution is -2.26. The van der Waals surface area contributed by atoms with Crippen LogP contribution >= 0.6 is 0 Å². The van der Waals surface area contributed by atoms with E-state index in [2.05, 4.69) is 25.6 Å². The fraction of sp³-hybridized carbons (Fsp3) is 0.333. The van der Waals surface area contributed by atoms with Gasteiger partial charge in [0.05, 0.1) is 6.54 Å². The fourth-order valence-electron chi connectivity index (χ4n) is 3.06. The molecular formula is C24H30N6O5. The van der Waals surface area contributed by atoms with Crippen LogP contribution in [0.3, 0.4) is 0 Å². The first-order valence-electron chi connectivity index (χ1n) is 11.1. The molecule has 3 aromatic rings. The maximum atomic E-state index is 11.2. The summed E-state index contributed by atoms with van der Waals surface area (Å²) in [7, 11) is 3.67. The van der Waals surface area contributed by atoms with Gasteiger partial charge in [-0.15, -0.1) is 0 Å². The van der Waals surface area contributed by atoms with Gasteiger partial charge in [0.2, 0.25) is 17.8 Å². The molecule has 11 heteroatoms. The molecule has 0 aliphatic heterocycles. The van der Waals surface area contributed by atoms with Crippen molar-refractivity contribution < 1.29 is 24.5 Å². The van der Waals surface area contributed by atoms with Crippen molar-refractivity contribution in [1.82, 2.24) is 15.0 Å². The lowest BCUT2D eigenvalue weighted by Gasteiger charge is -2.15. The van der Waals surface area contributed by atoms with Gasteiger partial charge in [0, 0.05) is 32.8 Å². The second kappa shape index (κ2) is 12.4. The highest BCUT2D eigenvalue weighted by molar-refractivity contribution is 5.72. The van der Waals surface area contributed by atoms with Crippen molar-refractivity contribution in [2.45, 2.75) is 19.4 Å². The number of carboxylic acids is 1. The molecule has 0 aliphatic rings. The Morgan fingerprint density at radius 2 is 1.71 bits per heavy atom. The molecular weight excluding hydrogens is 452 g/mol. The number of ether oxygens (including phenoxy) is 2. The Balaban J connectivity index is 1.54. The Morgan fingerprint density at radius 1 is 1.03 bits per heavy atom. The van der Waals surface area contributed by atoms with E-state index in [1.165, 1.54) is 0 Å². The predicted molar refractivity (Wildman–Crippen MR) is 133 cm³/mol. The minimum absolute atomic E-state index is 0.173. The summed E-state index contributed by atoms with van der Waals surface area (Å²) in [6.45, 7) is 2.92. The van der Waals surface area contributed by atoms with Crippen LogP contribution < -0.4 is 20.3 Å². The summed E-state index contributed by atoms with van der Waals surface area (Å²) >= 11 is 0. The first-order chi connectivity index (χ1) is 16.8. The Kier molecular flexibility index (Phi) is 9.02. The van der Waals surface area contributed by atoms with Gasteiger partial charge in [-0.05, 0) is 48.9 Å². The highest BCUT2D eigenvalue weighted by Crippen LogP contribution is 2.19. The summed E-state index contributed by atoms with van der Waals surface area (Å²) in [5.74, 6) is 1.09. The van der Waals surface area contributed by atoms with E-state index in [0.717, 1.165) is 11.3 Å². The molecule has 35 heavy (non-hydrogen) atoms. The summed E-state index contributed by atoms with van der Waals surface area (Å²) < 4.78 is 11.0. The minimum Gasteiger partial charge on any atom is -0.508 e. The van der Waals surface area contributed by atoms with Gasteiger partial charge in [0.25, 0.3) is 0 Å². The molecule has 3 rings (SSSR count). The van der Waals surface area contributed by atoms with E-state index in [4.69, 9.17) is 9.47 Å². The molecule has 11 nitrogen and oxygen atoms in total. The predicted octanol–water partition coefficient (Wildman–Crippen LogP) is 2.91. The lowest BCUT2D eigenvalue weighted by atomic mass is 10.1. The number of nitrogens with one attached hydrogen (secondary N) is 2. The zero-order valence-corrected chi connectivity index (χ0v) is 19.9. The molecule has 0 amide bonds. The fourth-order valence-corrected chi connectivity index (χ4v) is 3.06. The SMILES string of the molecule is CCOC(Cc1ccc(OCCNc2nc(Nc3ccc(O)cc3)nc(N(C)C)n2)cc1)C(=O)O. The quantitative estimate of drug-likeness (QED) is 0.211. The average molecular weight is 483 g/mol. The van der Waals surface area contributed by atoms with Gasteiger partial charge >= 0.3 is 5.97 Å². The molecule has 0 saturated carbocycles. The van der Waals surface area contributed by atoms with Crippen LogP contribution in [0.25, 0.3) is 0 Å². The molecule has 1 aromatic heterocycles. The third kappa shape index (κ3) is 8.00. The van der Waals surface area contributed by atoms with Crippen LogP contribution in [0, 0.1) is 0 Å². The maximum absolute atomic E-state index is 11.2. The van der Waals surface area contributed by atoms with Gasteiger partial charge in [0.1, 0.15) is 18.1 Å². The van der Waals surface area contributed by atoms with Crippen molar-refractivity contribution in [1.29, 1.82) is 0 Å². The number of aromatic hydroxyl groups is 1. The van der Waals surface area contributed by atoms with E-state index in [0.29, 0.717) is 49.8 Å². The summed E-state index contributed by atoms with van der Waals surface area (Å²) in [5, 5.41) is 24.9. The Hall–Kier alpha value is -4.12. The van der Waals surface area contributed by atoms with E-state index in [-0.39, 0.29) is 5.75 Å². The summed E-state index contributed by atoms with van der Waals surface area (Å²) in [6.07, 6.45) is -0.573. The van der Waals surface area contributed by atoms with Crippen molar-refractivity contribution in [2.75, 3.05) is 49.4 Å². The second-order valence-corrected chi connectivity index (χ2v) is 7.75. The second-order valence-electron chi connectivity index (χ2n) is 7.75. The molecule has 186 valence electrons. The van der Waals surface area contributed by atoms with Crippen LogP contribution in [0.15, 0.2) is 48.5 Å². The van der Waals surface area contributed by atoms with Crippen LogP contribution in [0.4, 0.5) is 23.5 Å². The van der Waals surface area contributed by atoms with Gasteiger partial charge in [-0.3, -0.25) is 0 Å². The Bertz CT molecular complexity index is 1090. The van der Waals surface area contributed by atoms with E-state index in [1.54, 1.807) is 48.2 Å². The molecule has 1 unspecified atom stereocenters. The third-order valence-electron chi connectivity index (χ3n) is 4.79. The first-order valence-corrected chi connectivity index (χ1v) is 11.1. The number of hydrogen-bond donors (Lipinski definition) is 4. The summed E-state index contributed by atoms with van der Waals surface area (Å²) in [4.78, 5) is 26.2. The summed E-state index contributed by atoms with van der Waals surface area (Å²) in [5.41, 5.74) is 1.58. The number of carboxylic acid groups (broad SMARTS) is 1. The van der Waals surface area contributed by atoms with Gasteiger partial charge < -0.3 is 35.2 Å². The van der Waals surface area contributed by atoms with Gasteiger partial charge in [-0.1, -0.05) is 12.1 Å². The highest BCUT2D eigenvalue weighted by Gasteiger charge is 2.17. The van der Waals surface area contributed by atoms with Crippen molar-refractivity contribution in [3.63, 3.8) is 0 Å². The molecule has 1 atom stereocenters. The highest BCUT2D eigenvalue weighted by atomic mass is 16.5. The third-order valence-corrected chi connectivity index (χ3v) is 4.79. The van der Waals surface area contributed by atoms with E-state index in [1.807, 2.05) is 26.2 Å². The van der Waals surface area contributed by atoms with Crippen LogP contribution in [0.2, 0.25) is 0 Å². The molecule has 2 aromatic carbocycles. The zero-order chi connectivity index (χ0) is 25.2. The largest absolute Gasteiger partial charge is 0.508 e. The number of carbonyl (C=O) groups is 1. The number of nitrogens with zero attached hydrogens (tertiary/aromatic N) is 4. The van der Waals surface area contributed by atoms with Gasteiger partial charge in [-0.25, -0.2) is 4.79 Å². The molecule has 0 saturated heterocycles. The van der Waals surface area contributed by atoms with E-state index in [9.17, 15) is 15.0 Å². The molecule has 1 heterocycles. The molecule has 0 fully saturated rings. The van der Waals surface area contributed by atoms with Gasteiger partial charge in [-0.2, -0.15) is 15.0 Å². The smallest absolute Gasteiger partial charge is 0.333 e. The van der Waals surface area contributed by atoms with Crippen molar-refractivity contribution in [3.8, 4) is 11.5 Å². The number of benzene rings is 2. The number of phenols is 1. The maximum Gasteiger partial charge on any atom is 0.333 e. The number of anilines is 4. The number of phenolic OH excluding ortho intramolecular Hbond substituents is 1. The number of rotatable bonds is 13.